The number of ether oxygens (including phenoxy) is 1. The summed E-state index contributed by atoms with van der Waals surface area (Å²) in [5, 5.41) is 3.03. The van der Waals surface area contributed by atoms with Gasteiger partial charge in [-0.05, 0) is 43.9 Å². The maximum atomic E-state index is 12.8. The second kappa shape index (κ2) is 7.42. The van der Waals surface area contributed by atoms with Crippen molar-refractivity contribution in [2.45, 2.75) is 65.1 Å². The topological polar surface area (TPSA) is 58.6 Å². The predicted molar refractivity (Wildman–Crippen MR) is 92.3 cm³/mol. The highest BCUT2D eigenvalue weighted by molar-refractivity contribution is 5.81. The number of amides is 2. The molecule has 3 rings (SSSR count). The second-order valence-corrected chi connectivity index (χ2v) is 8.48. The van der Waals surface area contributed by atoms with Crippen molar-refractivity contribution >= 4 is 11.8 Å². The zero-order valence-electron chi connectivity index (χ0n) is 15.3. The lowest BCUT2D eigenvalue weighted by Gasteiger charge is -2.36. The molecule has 2 heterocycles. The molecule has 1 aliphatic carbocycles. The summed E-state index contributed by atoms with van der Waals surface area (Å²) in [4.78, 5) is 27.2. The Morgan fingerprint density at radius 3 is 2.54 bits per heavy atom. The standard InChI is InChI=1S/C19H32N2O3/c1-12(2)9-20-18(22)16-8-15-10-21(11-17(16)24-15)19(23)14-6-4-13(3)5-7-14/h12-17H,4-11H2,1-3H3,(H,20,22). The van der Waals surface area contributed by atoms with Crippen LogP contribution in [0.5, 0.6) is 0 Å². The fourth-order valence-corrected chi connectivity index (χ4v) is 4.31. The Balaban J connectivity index is 1.55. The lowest BCUT2D eigenvalue weighted by Crippen LogP contribution is -2.50. The number of nitrogens with one attached hydrogen (secondary N) is 1. The van der Waals surface area contributed by atoms with Crippen LogP contribution >= 0.6 is 0 Å². The molecule has 0 aromatic carbocycles. The molecule has 5 nitrogen and oxygen atoms in total. The van der Waals surface area contributed by atoms with Gasteiger partial charge in [0.2, 0.25) is 11.8 Å². The van der Waals surface area contributed by atoms with Crippen molar-refractivity contribution in [3.8, 4) is 0 Å². The smallest absolute Gasteiger partial charge is 0.225 e. The highest BCUT2D eigenvalue weighted by atomic mass is 16.5. The van der Waals surface area contributed by atoms with Gasteiger partial charge in [-0.25, -0.2) is 0 Å². The fraction of sp³-hybridized carbons (Fsp3) is 0.895. The maximum absolute atomic E-state index is 12.8. The third kappa shape index (κ3) is 3.93. The summed E-state index contributed by atoms with van der Waals surface area (Å²) in [6, 6.07) is 0. The number of carbonyl (C=O) groups is 2. The largest absolute Gasteiger partial charge is 0.370 e. The van der Waals surface area contributed by atoms with E-state index in [1.165, 1.54) is 0 Å². The molecule has 136 valence electrons. The Morgan fingerprint density at radius 2 is 1.88 bits per heavy atom. The van der Waals surface area contributed by atoms with Crippen molar-refractivity contribution in [1.82, 2.24) is 10.2 Å². The highest BCUT2D eigenvalue weighted by Crippen LogP contribution is 2.35. The van der Waals surface area contributed by atoms with Gasteiger partial charge in [-0.1, -0.05) is 20.8 Å². The number of morpholine rings is 1. The summed E-state index contributed by atoms with van der Waals surface area (Å²) < 4.78 is 5.97. The van der Waals surface area contributed by atoms with Crippen molar-refractivity contribution in [1.29, 1.82) is 0 Å². The minimum Gasteiger partial charge on any atom is -0.370 e. The normalized spacial score (nSPS) is 36.0. The van der Waals surface area contributed by atoms with Crippen LogP contribution in [0.4, 0.5) is 0 Å². The van der Waals surface area contributed by atoms with Crippen LogP contribution in [-0.4, -0.2) is 48.6 Å². The SMILES string of the molecule is CC(C)CNC(=O)C1CC2CN(C(=O)C3CCC(C)CC3)CC1O2. The summed E-state index contributed by atoms with van der Waals surface area (Å²) in [6.07, 6.45) is 5.02. The minimum atomic E-state index is -0.123. The molecule has 2 amide bonds. The van der Waals surface area contributed by atoms with Gasteiger partial charge in [-0.15, -0.1) is 0 Å². The van der Waals surface area contributed by atoms with Gasteiger partial charge < -0.3 is 15.0 Å². The Bertz CT molecular complexity index is 471. The molecule has 2 aliphatic heterocycles. The van der Waals surface area contributed by atoms with Crippen LogP contribution in [0.2, 0.25) is 0 Å². The molecule has 3 aliphatic rings. The maximum Gasteiger partial charge on any atom is 0.225 e. The zero-order valence-corrected chi connectivity index (χ0v) is 15.3. The van der Waals surface area contributed by atoms with E-state index in [-0.39, 0.29) is 30.0 Å². The van der Waals surface area contributed by atoms with Gasteiger partial charge >= 0.3 is 0 Å². The van der Waals surface area contributed by atoms with E-state index in [0.29, 0.717) is 31.5 Å². The predicted octanol–water partition coefficient (Wildman–Crippen LogP) is 2.20. The van der Waals surface area contributed by atoms with Crippen LogP contribution in [0, 0.1) is 23.7 Å². The summed E-state index contributed by atoms with van der Waals surface area (Å²) in [5.74, 6) is 1.68. The van der Waals surface area contributed by atoms with Gasteiger partial charge in [0, 0.05) is 25.6 Å². The van der Waals surface area contributed by atoms with E-state index in [2.05, 4.69) is 26.1 Å². The molecule has 0 aromatic heterocycles. The number of carbonyl (C=O) groups excluding carboxylic acids is 2. The quantitative estimate of drug-likeness (QED) is 0.856. The van der Waals surface area contributed by atoms with Gasteiger partial charge in [0.05, 0.1) is 18.1 Å². The first-order chi connectivity index (χ1) is 11.4. The third-order valence-corrected chi connectivity index (χ3v) is 5.86. The highest BCUT2D eigenvalue weighted by Gasteiger charge is 2.46. The molecule has 24 heavy (non-hydrogen) atoms. The average molecular weight is 336 g/mol. The second-order valence-electron chi connectivity index (χ2n) is 8.48. The van der Waals surface area contributed by atoms with Crippen LogP contribution in [-0.2, 0) is 14.3 Å². The molecular formula is C19H32N2O3. The molecule has 5 heteroatoms. The molecule has 2 bridgehead atoms. The van der Waals surface area contributed by atoms with Crippen LogP contribution in [0.15, 0.2) is 0 Å². The average Bonchev–Trinajstić information content (AvgIpc) is 2.86. The van der Waals surface area contributed by atoms with E-state index < -0.39 is 0 Å². The van der Waals surface area contributed by atoms with Crippen LogP contribution in [0.25, 0.3) is 0 Å². The molecule has 0 spiro atoms. The van der Waals surface area contributed by atoms with Crippen LogP contribution < -0.4 is 5.32 Å². The molecule has 0 aromatic rings. The Morgan fingerprint density at radius 1 is 1.17 bits per heavy atom. The Hall–Kier alpha value is -1.10. The summed E-state index contributed by atoms with van der Waals surface area (Å²) in [6.45, 7) is 8.41. The fourth-order valence-electron chi connectivity index (χ4n) is 4.31. The van der Waals surface area contributed by atoms with E-state index >= 15 is 0 Å². The number of fused-ring (bicyclic) bond motifs is 2. The van der Waals surface area contributed by atoms with Crippen molar-refractivity contribution in [3.05, 3.63) is 0 Å². The van der Waals surface area contributed by atoms with E-state index in [1.54, 1.807) is 0 Å². The first kappa shape index (κ1) is 17.7. The number of hydrogen-bond donors (Lipinski definition) is 1. The summed E-state index contributed by atoms with van der Waals surface area (Å²) in [7, 11) is 0. The van der Waals surface area contributed by atoms with Crippen LogP contribution in [0.3, 0.4) is 0 Å². The minimum absolute atomic E-state index is 0.0324. The molecule has 3 fully saturated rings. The third-order valence-electron chi connectivity index (χ3n) is 5.86. The van der Waals surface area contributed by atoms with Crippen molar-refractivity contribution < 1.29 is 14.3 Å². The summed E-state index contributed by atoms with van der Waals surface area (Å²) >= 11 is 0. The molecule has 0 radical (unpaired) electrons. The van der Waals surface area contributed by atoms with E-state index in [0.717, 1.165) is 38.0 Å². The van der Waals surface area contributed by atoms with E-state index in [4.69, 9.17) is 4.74 Å². The summed E-state index contributed by atoms with van der Waals surface area (Å²) in [5.41, 5.74) is 0. The van der Waals surface area contributed by atoms with Gasteiger partial charge in [-0.2, -0.15) is 0 Å². The van der Waals surface area contributed by atoms with Gasteiger partial charge in [0.1, 0.15) is 0 Å². The number of nitrogens with zero attached hydrogens (tertiary/aromatic N) is 1. The van der Waals surface area contributed by atoms with E-state index in [1.807, 2.05) is 4.90 Å². The molecule has 1 N–H and O–H groups in total. The number of hydrogen-bond acceptors (Lipinski definition) is 3. The van der Waals surface area contributed by atoms with E-state index in [9.17, 15) is 9.59 Å². The van der Waals surface area contributed by atoms with Gasteiger partial charge in [-0.3, -0.25) is 9.59 Å². The first-order valence-electron chi connectivity index (χ1n) is 9.66. The molecule has 3 unspecified atom stereocenters. The lowest BCUT2D eigenvalue weighted by atomic mass is 9.82. The van der Waals surface area contributed by atoms with Gasteiger partial charge in [0.15, 0.2) is 0 Å². The Kier molecular flexibility index (Phi) is 5.48. The van der Waals surface area contributed by atoms with Crippen molar-refractivity contribution in [2.24, 2.45) is 23.7 Å². The monoisotopic (exact) mass is 336 g/mol. The van der Waals surface area contributed by atoms with Crippen molar-refractivity contribution in [3.63, 3.8) is 0 Å². The zero-order chi connectivity index (χ0) is 17.3. The van der Waals surface area contributed by atoms with Gasteiger partial charge in [0.25, 0.3) is 0 Å². The number of likely N-dealkylation sites (tertiary alicyclic amines) is 1. The molecule has 1 saturated carbocycles. The molecule has 3 atom stereocenters. The van der Waals surface area contributed by atoms with Crippen LogP contribution in [0.1, 0.15) is 52.9 Å². The lowest BCUT2D eigenvalue weighted by molar-refractivity contribution is -0.147. The first-order valence-corrected chi connectivity index (χ1v) is 9.66. The Labute approximate surface area is 145 Å². The molecule has 2 saturated heterocycles. The number of rotatable bonds is 4. The molecular weight excluding hydrogens is 304 g/mol. The van der Waals surface area contributed by atoms with Crippen molar-refractivity contribution in [2.75, 3.05) is 19.6 Å².